The van der Waals surface area contributed by atoms with Crippen LogP contribution in [-0.4, -0.2) is 18.1 Å². The molecule has 0 radical (unpaired) electrons. The van der Waals surface area contributed by atoms with Gasteiger partial charge in [0.1, 0.15) is 0 Å². The molecule has 1 fully saturated rings. The molecular weight excluding hydrogens is 232 g/mol. The van der Waals surface area contributed by atoms with Crippen molar-refractivity contribution in [2.24, 2.45) is 0 Å². The molecule has 0 unspecified atom stereocenters. The van der Waals surface area contributed by atoms with Gasteiger partial charge in [-0.15, -0.1) is 0 Å². The van der Waals surface area contributed by atoms with Gasteiger partial charge in [-0.25, -0.2) is 10.0 Å². The summed E-state index contributed by atoms with van der Waals surface area (Å²) in [6.45, 7) is 3.79. The predicted octanol–water partition coefficient (Wildman–Crippen LogP) is 2.29. The Morgan fingerprint density at radius 2 is 2.46 bits per heavy atom. The second kappa shape index (κ2) is 3.64. The van der Waals surface area contributed by atoms with Crippen LogP contribution in [0.15, 0.2) is 16.7 Å². The maximum atomic E-state index is 5.39. The predicted molar refractivity (Wildman–Crippen MR) is 54.6 cm³/mol. The summed E-state index contributed by atoms with van der Waals surface area (Å²) in [6, 6.07) is 2.02. The minimum absolute atomic E-state index is 0.802. The van der Waals surface area contributed by atoms with Crippen molar-refractivity contribution in [3.63, 3.8) is 0 Å². The molecule has 1 aromatic rings. The standard InChI is InChI=1S/C9H11BrN2O/c1-7-5-9(11-6-8(7)10)12-3-2-4-13-12/h5-6H,2-4H2,1H3. The smallest absolute Gasteiger partial charge is 0.152 e. The Morgan fingerprint density at radius 3 is 3.08 bits per heavy atom. The van der Waals surface area contributed by atoms with Gasteiger partial charge in [0, 0.05) is 17.2 Å². The first-order valence-electron chi connectivity index (χ1n) is 4.30. The molecular formula is C9H11BrN2O. The van der Waals surface area contributed by atoms with Crippen LogP contribution in [0.1, 0.15) is 12.0 Å². The summed E-state index contributed by atoms with van der Waals surface area (Å²) in [5, 5.41) is 1.85. The van der Waals surface area contributed by atoms with E-state index < -0.39 is 0 Å². The minimum Gasteiger partial charge on any atom is -0.272 e. The fraction of sp³-hybridized carbons (Fsp3) is 0.444. The molecule has 0 aliphatic carbocycles. The number of hydrogen-bond acceptors (Lipinski definition) is 3. The van der Waals surface area contributed by atoms with Gasteiger partial charge in [0.05, 0.1) is 6.61 Å². The molecule has 0 aromatic carbocycles. The van der Waals surface area contributed by atoms with Crippen molar-refractivity contribution < 1.29 is 4.84 Å². The Hall–Kier alpha value is -0.610. The Bertz CT molecular complexity index is 310. The lowest BCUT2D eigenvalue weighted by molar-refractivity contribution is 0.166. The molecule has 4 heteroatoms. The lowest BCUT2D eigenvalue weighted by Gasteiger charge is -2.15. The van der Waals surface area contributed by atoms with Crippen molar-refractivity contribution in [1.82, 2.24) is 4.98 Å². The summed E-state index contributed by atoms with van der Waals surface area (Å²) < 4.78 is 1.04. The summed E-state index contributed by atoms with van der Waals surface area (Å²) >= 11 is 3.42. The molecule has 2 rings (SSSR count). The molecule has 0 N–H and O–H groups in total. The number of hydroxylamine groups is 1. The van der Waals surface area contributed by atoms with Crippen molar-refractivity contribution in [1.29, 1.82) is 0 Å². The molecule has 1 aliphatic heterocycles. The molecule has 0 bridgehead atoms. The summed E-state index contributed by atoms with van der Waals surface area (Å²) in [6.07, 6.45) is 2.89. The van der Waals surface area contributed by atoms with Gasteiger partial charge in [-0.1, -0.05) is 0 Å². The van der Waals surface area contributed by atoms with Gasteiger partial charge in [0.2, 0.25) is 0 Å². The van der Waals surface area contributed by atoms with Gasteiger partial charge < -0.3 is 0 Å². The average molecular weight is 243 g/mol. The number of rotatable bonds is 1. The molecule has 0 saturated carbocycles. The highest BCUT2D eigenvalue weighted by atomic mass is 79.9. The Kier molecular flexibility index (Phi) is 2.51. The maximum Gasteiger partial charge on any atom is 0.152 e. The van der Waals surface area contributed by atoms with Gasteiger partial charge in [0.25, 0.3) is 0 Å². The van der Waals surface area contributed by atoms with E-state index >= 15 is 0 Å². The zero-order chi connectivity index (χ0) is 9.26. The van der Waals surface area contributed by atoms with E-state index in [4.69, 9.17) is 4.84 Å². The zero-order valence-corrected chi connectivity index (χ0v) is 9.04. The van der Waals surface area contributed by atoms with E-state index in [2.05, 4.69) is 20.9 Å². The van der Waals surface area contributed by atoms with Crippen LogP contribution in [0.2, 0.25) is 0 Å². The highest BCUT2D eigenvalue weighted by Crippen LogP contribution is 2.21. The number of aryl methyl sites for hydroxylation is 1. The summed E-state index contributed by atoms with van der Waals surface area (Å²) in [7, 11) is 0. The second-order valence-corrected chi connectivity index (χ2v) is 3.93. The number of hydrogen-bond donors (Lipinski definition) is 0. The maximum absolute atomic E-state index is 5.39. The number of anilines is 1. The van der Waals surface area contributed by atoms with Crippen molar-refractivity contribution in [3.05, 3.63) is 22.3 Å². The lowest BCUT2D eigenvalue weighted by atomic mass is 10.3. The quantitative estimate of drug-likeness (QED) is 0.756. The minimum atomic E-state index is 0.802. The van der Waals surface area contributed by atoms with Crippen LogP contribution in [0.25, 0.3) is 0 Å². The first kappa shape index (κ1) is 8.97. The van der Waals surface area contributed by atoms with Gasteiger partial charge in [0.15, 0.2) is 5.82 Å². The third-order valence-electron chi connectivity index (χ3n) is 2.04. The monoisotopic (exact) mass is 242 g/mol. The van der Waals surface area contributed by atoms with Gasteiger partial charge in [-0.05, 0) is 40.9 Å². The molecule has 0 amide bonds. The molecule has 1 aliphatic rings. The van der Waals surface area contributed by atoms with E-state index in [1.807, 2.05) is 24.3 Å². The van der Waals surface area contributed by atoms with Crippen LogP contribution >= 0.6 is 15.9 Å². The molecule has 2 heterocycles. The fourth-order valence-corrected chi connectivity index (χ4v) is 1.51. The second-order valence-electron chi connectivity index (χ2n) is 3.08. The van der Waals surface area contributed by atoms with E-state index in [-0.39, 0.29) is 0 Å². The molecule has 70 valence electrons. The third-order valence-corrected chi connectivity index (χ3v) is 2.87. The summed E-state index contributed by atoms with van der Waals surface area (Å²) in [5.74, 6) is 0.901. The summed E-state index contributed by atoms with van der Waals surface area (Å²) in [5.41, 5.74) is 1.18. The van der Waals surface area contributed by atoms with Crippen LogP contribution in [0, 0.1) is 6.92 Å². The fourth-order valence-electron chi connectivity index (χ4n) is 1.29. The van der Waals surface area contributed by atoms with Crippen molar-refractivity contribution >= 4 is 21.7 Å². The molecule has 1 aromatic heterocycles. The largest absolute Gasteiger partial charge is 0.272 e. The molecule has 3 nitrogen and oxygen atoms in total. The molecule has 13 heavy (non-hydrogen) atoms. The first-order valence-corrected chi connectivity index (χ1v) is 5.09. The Balaban J connectivity index is 2.25. The van der Waals surface area contributed by atoms with E-state index in [0.29, 0.717) is 0 Å². The summed E-state index contributed by atoms with van der Waals surface area (Å²) in [4.78, 5) is 9.66. The van der Waals surface area contributed by atoms with E-state index in [9.17, 15) is 0 Å². The van der Waals surface area contributed by atoms with E-state index in [0.717, 1.165) is 29.9 Å². The number of halogens is 1. The highest BCUT2D eigenvalue weighted by molar-refractivity contribution is 9.10. The number of pyridine rings is 1. The van der Waals surface area contributed by atoms with Crippen LogP contribution in [-0.2, 0) is 4.84 Å². The van der Waals surface area contributed by atoms with Crippen LogP contribution in [0.5, 0.6) is 0 Å². The lowest BCUT2D eigenvalue weighted by Crippen LogP contribution is -2.17. The van der Waals surface area contributed by atoms with Crippen LogP contribution in [0.4, 0.5) is 5.82 Å². The third kappa shape index (κ3) is 1.84. The first-order chi connectivity index (χ1) is 6.27. The van der Waals surface area contributed by atoms with Crippen LogP contribution in [0.3, 0.4) is 0 Å². The molecule has 0 atom stereocenters. The molecule has 0 spiro atoms. The highest BCUT2D eigenvalue weighted by Gasteiger charge is 2.14. The van der Waals surface area contributed by atoms with E-state index in [1.165, 1.54) is 5.56 Å². The van der Waals surface area contributed by atoms with Crippen LogP contribution < -0.4 is 5.06 Å². The van der Waals surface area contributed by atoms with Crippen molar-refractivity contribution in [3.8, 4) is 0 Å². The average Bonchev–Trinajstić information content (AvgIpc) is 2.62. The Morgan fingerprint density at radius 1 is 1.62 bits per heavy atom. The molecule has 1 saturated heterocycles. The van der Waals surface area contributed by atoms with Crippen molar-refractivity contribution in [2.75, 3.05) is 18.2 Å². The van der Waals surface area contributed by atoms with E-state index in [1.54, 1.807) is 0 Å². The van der Waals surface area contributed by atoms with Crippen molar-refractivity contribution in [2.45, 2.75) is 13.3 Å². The zero-order valence-electron chi connectivity index (χ0n) is 7.46. The number of aromatic nitrogens is 1. The SMILES string of the molecule is Cc1cc(N2CCCO2)ncc1Br. The normalized spacial score (nSPS) is 16.6. The van der Waals surface area contributed by atoms with Gasteiger partial charge in [-0.2, -0.15) is 0 Å². The topological polar surface area (TPSA) is 25.4 Å². The Labute approximate surface area is 85.8 Å². The van der Waals surface area contributed by atoms with Gasteiger partial charge in [-0.3, -0.25) is 4.84 Å². The van der Waals surface area contributed by atoms with Gasteiger partial charge >= 0.3 is 0 Å². The number of nitrogens with zero attached hydrogens (tertiary/aromatic N) is 2.